The number of quaternary nitrogens is 1. The molecule has 7 nitrogen and oxygen atoms in total. The number of carboxylic acids is 3. The monoisotopic (exact) mass is 413 g/mol. The number of carboxylic acid groups (broad SMARTS) is 3. The lowest BCUT2D eigenvalue weighted by Crippen LogP contribution is -2.59. The third-order valence-electron chi connectivity index (χ3n) is 5.14. The predicted octanol–water partition coefficient (Wildman–Crippen LogP) is 2.98. The molecule has 0 aliphatic carbocycles. The minimum atomic E-state index is -1.42. The molecule has 0 bridgehead atoms. The Labute approximate surface area is 175 Å². The molecule has 0 radical (unpaired) electrons. The van der Waals surface area contributed by atoms with Crippen molar-refractivity contribution in [3.8, 4) is 0 Å². The maximum Gasteiger partial charge on any atom is 0.359 e. The van der Waals surface area contributed by atoms with E-state index >= 15 is 0 Å². The van der Waals surface area contributed by atoms with E-state index in [1.807, 2.05) is 0 Å². The van der Waals surface area contributed by atoms with Crippen molar-refractivity contribution < 1.29 is 34.2 Å². The van der Waals surface area contributed by atoms with Crippen LogP contribution < -0.4 is 5.11 Å². The number of carbonyl (C=O) groups is 3. The zero-order valence-corrected chi connectivity index (χ0v) is 17.9. The Morgan fingerprint density at radius 3 is 1.52 bits per heavy atom. The van der Waals surface area contributed by atoms with Gasteiger partial charge in [0.25, 0.3) is 0 Å². The molecule has 29 heavy (non-hydrogen) atoms. The summed E-state index contributed by atoms with van der Waals surface area (Å²) in [5.74, 6) is -3.82. The molecule has 0 saturated carbocycles. The first-order valence-corrected chi connectivity index (χ1v) is 10.9. The van der Waals surface area contributed by atoms with E-state index in [1.54, 1.807) is 0 Å². The van der Waals surface area contributed by atoms with Gasteiger partial charge in [-0.05, 0) is 32.6 Å². The summed E-state index contributed by atoms with van der Waals surface area (Å²) in [5, 5.41) is 29.1. The second-order valence-electron chi connectivity index (χ2n) is 7.95. The number of hydrogen-bond acceptors (Lipinski definition) is 4. The molecule has 0 atom stereocenters. The van der Waals surface area contributed by atoms with Gasteiger partial charge in [0.05, 0.1) is 12.5 Å². The Morgan fingerprint density at radius 2 is 1.14 bits per heavy atom. The molecular formula is C22H39NO6. The molecular weight excluding hydrogens is 374 g/mol. The lowest BCUT2D eigenvalue weighted by atomic mass is 10.0. The normalized spacial score (nSPS) is 11.8. The standard InChI is InChI=1S/C22H39NO6/c1-2-3-4-5-6-7-8-9-10-11-12-13-14-15-16-23(17-20(24)25,18-21(26)27)19-22(28)29/h2-3H,4-19H2,1H3,(H2-,24,25,26,27,28,29)/b3-2+. The quantitative estimate of drug-likeness (QED) is 0.180. The predicted molar refractivity (Wildman–Crippen MR) is 110 cm³/mol. The summed E-state index contributed by atoms with van der Waals surface area (Å²) in [6, 6.07) is 0. The fourth-order valence-corrected chi connectivity index (χ4v) is 3.72. The number of aliphatic carboxylic acids is 3. The van der Waals surface area contributed by atoms with Crippen molar-refractivity contribution in [1.82, 2.24) is 0 Å². The van der Waals surface area contributed by atoms with E-state index < -0.39 is 42.0 Å². The topological polar surface area (TPSA) is 115 Å². The van der Waals surface area contributed by atoms with Crippen LogP contribution in [0.15, 0.2) is 12.2 Å². The summed E-state index contributed by atoms with van der Waals surface area (Å²) in [4.78, 5) is 33.2. The second-order valence-corrected chi connectivity index (χ2v) is 7.95. The Hall–Kier alpha value is -1.89. The number of unbranched alkanes of at least 4 members (excludes halogenated alkanes) is 11. The Balaban J connectivity index is 3.95. The van der Waals surface area contributed by atoms with Crippen LogP contribution in [-0.2, 0) is 14.4 Å². The van der Waals surface area contributed by atoms with Crippen molar-refractivity contribution in [3.63, 3.8) is 0 Å². The van der Waals surface area contributed by atoms with Gasteiger partial charge in [-0.1, -0.05) is 63.5 Å². The van der Waals surface area contributed by atoms with Crippen LogP contribution in [0.5, 0.6) is 0 Å². The lowest BCUT2D eigenvalue weighted by Gasteiger charge is -2.36. The molecule has 168 valence electrons. The number of hydrogen-bond donors (Lipinski definition) is 2. The molecule has 0 saturated heterocycles. The largest absolute Gasteiger partial charge is 0.544 e. The molecule has 0 aromatic heterocycles. The summed E-state index contributed by atoms with van der Waals surface area (Å²) >= 11 is 0. The van der Waals surface area contributed by atoms with E-state index in [2.05, 4.69) is 19.1 Å². The fraction of sp³-hybridized carbons (Fsp3) is 0.773. The van der Waals surface area contributed by atoms with Gasteiger partial charge >= 0.3 is 11.9 Å². The van der Waals surface area contributed by atoms with Crippen molar-refractivity contribution in [3.05, 3.63) is 12.2 Å². The van der Waals surface area contributed by atoms with Gasteiger partial charge in [0.15, 0.2) is 13.1 Å². The van der Waals surface area contributed by atoms with E-state index in [9.17, 15) is 19.5 Å². The maximum atomic E-state index is 11.1. The molecule has 7 heteroatoms. The summed E-state index contributed by atoms with van der Waals surface area (Å²) in [7, 11) is 0. The van der Waals surface area contributed by atoms with Crippen LogP contribution in [0.4, 0.5) is 0 Å². The fourth-order valence-electron chi connectivity index (χ4n) is 3.72. The van der Waals surface area contributed by atoms with Crippen LogP contribution in [0.3, 0.4) is 0 Å². The van der Waals surface area contributed by atoms with Crippen LogP contribution in [-0.4, -0.2) is 58.8 Å². The van der Waals surface area contributed by atoms with Crippen molar-refractivity contribution in [2.24, 2.45) is 0 Å². The molecule has 0 aromatic rings. The van der Waals surface area contributed by atoms with Crippen molar-refractivity contribution in [2.75, 3.05) is 26.2 Å². The number of nitrogens with zero attached hydrogens (tertiary/aromatic N) is 1. The molecule has 0 aliphatic heterocycles. The highest BCUT2D eigenvalue weighted by atomic mass is 16.4. The Morgan fingerprint density at radius 1 is 0.724 bits per heavy atom. The van der Waals surface area contributed by atoms with Gasteiger partial charge in [-0.3, -0.25) is 0 Å². The van der Waals surface area contributed by atoms with E-state index in [1.165, 1.54) is 51.4 Å². The number of allylic oxidation sites excluding steroid dienone is 2. The van der Waals surface area contributed by atoms with Gasteiger partial charge in [-0.15, -0.1) is 0 Å². The Kier molecular flexibility index (Phi) is 15.9. The molecule has 0 rings (SSSR count). The van der Waals surface area contributed by atoms with Crippen LogP contribution >= 0.6 is 0 Å². The minimum absolute atomic E-state index is 0.222. The molecule has 0 amide bonds. The van der Waals surface area contributed by atoms with E-state index in [0.717, 1.165) is 19.3 Å². The smallest absolute Gasteiger partial charge is 0.359 e. The summed E-state index contributed by atoms with van der Waals surface area (Å²) in [5.41, 5.74) is 0. The highest BCUT2D eigenvalue weighted by Gasteiger charge is 2.33. The van der Waals surface area contributed by atoms with Crippen LogP contribution in [0.25, 0.3) is 0 Å². The van der Waals surface area contributed by atoms with Gasteiger partial charge in [0.2, 0.25) is 0 Å². The van der Waals surface area contributed by atoms with Gasteiger partial charge in [0.1, 0.15) is 6.54 Å². The second kappa shape index (κ2) is 17.0. The zero-order chi connectivity index (χ0) is 22.0. The highest BCUT2D eigenvalue weighted by molar-refractivity contribution is 5.72. The molecule has 0 aliphatic rings. The van der Waals surface area contributed by atoms with Gasteiger partial charge in [-0.25, -0.2) is 9.59 Å². The molecule has 0 unspecified atom stereocenters. The Bertz CT molecular complexity index is 463. The first-order valence-electron chi connectivity index (χ1n) is 10.9. The first-order chi connectivity index (χ1) is 13.8. The molecule has 0 aromatic carbocycles. The third kappa shape index (κ3) is 16.7. The van der Waals surface area contributed by atoms with Crippen molar-refractivity contribution in [1.29, 1.82) is 0 Å². The molecule has 2 N–H and O–H groups in total. The van der Waals surface area contributed by atoms with E-state index in [0.29, 0.717) is 6.42 Å². The van der Waals surface area contributed by atoms with Gasteiger partial charge in [-0.2, -0.15) is 0 Å². The van der Waals surface area contributed by atoms with Gasteiger partial charge < -0.3 is 24.6 Å². The minimum Gasteiger partial charge on any atom is -0.544 e. The first kappa shape index (κ1) is 27.1. The van der Waals surface area contributed by atoms with Crippen molar-refractivity contribution in [2.45, 2.75) is 84.0 Å². The van der Waals surface area contributed by atoms with Crippen molar-refractivity contribution >= 4 is 17.9 Å². The van der Waals surface area contributed by atoms with Crippen LogP contribution in [0.2, 0.25) is 0 Å². The molecule has 0 spiro atoms. The zero-order valence-electron chi connectivity index (χ0n) is 17.9. The van der Waals surface area contributed by atoms with Gasteiger partial charge in [0, 0.05) is 0 Å². The van der Waals surface area contributed by atoms with E-state index in [4.69, 9.17) is 10.2 Å². The highest BCUT2D eigenvalue weighted by Crippen LogP contribution is 2.14. The summed E-state index contributed by atoms with van der Waals surface area (Å²) in [6.07, 6.45) is 17.8. The summed E-state index contributed by atoms with van der Waals surface area (Å²) < 4.78 is -0.499. The lowest BCUT2D eigenvalue weighted by molar-refractivity contribution is -0.909. The van der Waals surface area contributed by atoms with E-state index in [-0.39, 0.29) is 6.54 Å². The molecule has 0 fully saturated rings. The number of carbonyl (C=O) groups excluding carboxylic acids is 1. The van der Waals surface area contributed by atoms with Crippen LogP contribution in [0.1, 0.15) is 84.0 Å². The number of rotatable bonds is 20. The SMILES string of the molecule is C/C=C/CCCCCCCCCCCCC[N+](CC(=O)[O-])(CC(=O)O)CC(=O)O. The molecule has 0 heterocycles. The average molecular weight is 414 g/mol. The third-order valence-corrected chi connectivity index (χ3v) is 5.14. The van der Waals surface area contributed by atoms with Crippen LogP contribution in [0, 0.1) is 0 Å². The summed E-state index contributed by atoms with van der Waals surface area (Å²) in [6.45, 7) is 0.645. The average Bonchev–Trinajstić information content (AvgIpc) is 2.60. The maximum absolute atomic E-state index is 11.1.